The molecule has 90 heavy (non-hydrogen) atoms. The topological polar surface area (TPSA) is 142 Å². The Hall–Kier alpha value is -11.8. The molecule has 0 aliphatic rings. The van der Waals surface area contributed by atoms with Gasteiger partial charge in [0.1, 0.15) is 22.1 Å². The van der Waals surface area contributed by atoms with Crippen molar-refractivity contribution in [2.24, 2.45) is 0 Å². The number of rotatable bonds is 8. The zero-order chi connectivity index (χ0) is 59.5. The van der Waals surface area contributed by atoms with Gasteiger partial charge >= 0.3 is 0 Å². The normalized spacial score (nSPS) is 11.6. The molecule has 420 valence electrons. The molecule has 0 N–H and O–H groups in total. The predicted molar refractivity (Wildman–Crippen MR) is 368 cm³/mol. The fourth-order valence-electron chi connectivity index (χ4n) is 12.4. The molecule has 9 heterocycles. The number of hydrogen-bond acceptors (Lipinski definition) is 13. The minimum Gasteiger partial charge on any atom is -0.255 e. The van der Waals surface area contributed by atoms with E-state index in [0.717, 1.165) is 177 Å². The maximum absolute atomic E-state index is 5.29. The van der Waals surface area contributed by atoms with E-state index in [0.29, 0.717) is 0 Å². The van der Waals surface area contributed by atoms with E-state index < -0.39 is 0 Å². The molecule has 0 atom stereocenters. The van der Waals surface area contributed by atoms with Crippen molar-refractivity contribution >= 4 is 111 Å². The SMILES string of the molecule is c1ccc(-c2ccc3ccc4ccc(-c5cccc6nc(-c7ccccc7)c7ccc8nsnc8c7c56)nc4c3n2)cc1.c1ccc(-c2nc3cccc(-c4ccc(-c5cc(-c6ccccn6)nc(-c6ccccn6)c5)cc4)c3c3c2ccc2nsnc23)cc1. The third-order valence-electron chi connectivity index (χ3n) is 16.6. The first-order valence-electron chi connectivity index (χ1n) is 29.4. The third-order valence-corrected chi connectivity index (χ3v) is 17.7. The van der Waals surface area contributed by atoms with Gasteiger partial charge in [0.15, 0.2) is 0 Å². The van der Waals surface area contributed by atoms with Crippen LogP contribution in [0, 0.1) is 0 Å². The molecule has 0 amide bonds. The van der Waals surface area contributed by atoms with E-state index in [-0.39, 0.29) is 0 Å². The lowest BCUT2D eigenvalue weighted by molar-refractivity contribution is 1.22. The lowest BCUT2D eigenvalue weighted by Gasteiger charge is -2.14. The number of nitrogens with zero attached hydrogens (tertiary/aromatic N) is 11. The van der Waals surface area contributed by atoms with Crippen molar-refractivity contribution < 1.29 is 0 Å². The van der Waals surface area contributed by atoms with Crippen LogP contribution in [-0.2, 0) is 0 Å². The Morgan fingerprint density at radius 3 is 1.23 bits per heavy atom. The highest BCUT2D eigenvalue weighted by molar-refractivity contribution is 7.00. The van der Waals surface area contributed by atoms with E-state index in [1.165, 1.54) is 23.5 Å². The molecule has 0 spiro atoms. The highest BCUT2D eigenvalue weighted by Gasteiger charge is 2.22. The van der Waals surface area contributed by atoms with Crippen molar-refractivity contribution in [2.45, 2.75) is 0 Å². The number of hydrogen-bond donors (Lipinski definition) is 0. The second-order valence-corrected chi connectivity index (χ2v) is 23.0. The van der Waals surface area contributed by atoms with Crippen LogP contribution < -0.4 is 0 Å². The number of pyridine rings is 7. The van der Waals surface area contributed by atoms with Crippen LogP contribution in [0.25, 0.3) is 177 Å². The van der Waals surface area contributed by atoms with Crippen LogP contribution >= 0.6 is 23.5 Å². The standard InChI is InChI=1S/C40H24N6S.C37H21N5S/c1-2-9-27(10-3-1)39-30-19-20-34-40(46-47-45-34)38(30)37-29(11-8-14-33(37)44-39)26-17-15-25(16-18-26)28-23-35(31-12-4-6-21-41-31)43-36(24-28)32-13-5-7-22-42-32;1-3-8-22(9-4-1)28-19-16-24-14-15-25-17-20-29(39-36(25)35(24)38-28)26-12-7-13-30-32(26)33-27(18-21-31-37(33)42-43-41-31)34(40-30)23-10-5-2-6-11-23/h1-24H;1-21H. The van der Waals surface area contributed by atoms with Gasteiger partial charge in [-0.05, 0) is 107 Å². The first kappa shape index (κ1) is 52.5. The summed E-state index contributed by atoms with van der Waals surface area (Å²) in [6.45, 7) is 0. The van der Waals surface area contributed by atoms with Gasteiger partial charge in [-0.1, -0.05) is 176 Å². The average Bonchev–Trinajstić information content (AvgIpc) is 1.20. The summed E-state index contributed by atoms with van der Waals surface area (Å²) in [6, 6.07) is 89.2. The molecule has 0 bridgehead atoms. The minimum absolute atomic E-state index is 0.800. The van der Waals surface area contributed by atoms with Gasteiger partial charge in [0.05, 0.1) is 91.1 Å². The molecule has 0 radical (unpaired) electrons. The second kappa shape index (κ2) is 22.2. The van der Waals surface area contributed by atoms with E-state index in [9.17, 15) is 0 Å². The lowest BCUT2D eigenvalue weighted by atomic mass is 9.92. The summed E-state index contributed by atoms with van der Waals surface area (Å²) in [7, 11) is 0. The Bertz CT molecular complexity index is 5720. The molecule has 18 aromatic rings. The molecule has 0 aliphatic heterocycles. The summed E-state index contributed by atoms with van der Waals surface area (Å²) in [4.78, 5) is 34.9. The van der Waals surface area contributed by atoms with E-state index in [1.54, 1.807) is 12.4 Å². The van der Waals surface area contributed by atoms with Gasteiger partial charge in [-0.15, -0.1) is 0 Å². The summed E-state index contributed by atoms with van der Waals surface area (Å²) in [6.07, 6.45) is 3.58. The molecule has 0 fully saturated rings. The lowest BCUT2D eigenvalue weighted by Crippen LogP contribution is -1.95. The summed E-state index contributed by atoms with van der Waals surface area (Å²) in [5.41, 5.74) is 22.6. The molecule has 18 rings (SSSR count). The molecule has 0 saturated heterocycles. The third kappa shape index (κ3) is 9.31. The Balaban J connectivity index is 0.000000139. The van der Waals surface area contributed by atoms with Crippen molar-refractivity contribution in [2.75, 3.05) is 0 Å². The van der Waals surface area contributed by atoms with Gasteiger partial charge < -0.3 is 0 Å². The summed E-state index contributed by atoms with van der Waals surface area (Å²) in [5.74, 6) is 0. The average molecular weight is 1190 g/mol. The summed E-state index contributed by atoms with van der Waals surface area (Å²) < 4.78 is 18.7. The van der Waals surface area contributed by atoms with Crippen LogP contribution in [0.3, 0.4) is 0 Å². The fourth-order valence-corrected chi connectivity index (χ4v) is 13.4. The Kier molecular flexibility index (Phi) is 13.0. The number of benzene rings is 9. The van der Waals surface area contributed by atoms with Crippen LogP contribution in [-0.4, -0.2) is 52.4 Å². The van der Waals surface area contributed by atoms with Crippen molar-refractivity contribution in [1.82, 2.24) is 52.4 Å². The van der Waals surface area contributed by atoms with E-state index in [4.69, 9.17) is 33.7 Å². The van der Waals surface area contributed by atoms with Crippen molar-refractivity contribution in [3.63, 3.8) is 0 Å². The maximum Gasteiger partial charge on any atom is 0.113 e. The Morgan fingerprint density at radius 1 is 0.233 bits per heavy atom. The summed E-state index contributed by atoms with van der Waals surface area (Å²) >= 11 is 2.48. The largest absolute Gasteiger partial charge is 0.255 e. The minimum atomic E-state index is 0.800. The zero-order valence-corrected chi connectivity index (χ0v) is 49.3. The Morgan fingerprint density at radius 2 is 0.700 bits per heavy atom. The van der Waals surface area contributed by atoms with Gasteiger partial charge in [-0.2, -0.15) is 17.5 Å². The maximum atomic E-state index is 5.29. The van der Waals surface area contributed by atoms with Crippen molar-refractivity contribution in [3.8, 4) is 90.1 Å². The van der Waals surface area contributed by atoms with Crippen LogP contribution in [0.15, 0.2) is 273 Å². The molecule has 0 saturated carbocycles. The van der Waals surface area contributed by atoms with Gasteiger partial charge in [0.25, 0.3) is 0 Å². The highest BCUT2D eigenvalue weighted by Crippen LogP contribution is 2.44. The van der Waals surface area contributed by atoms with Gasteiger partial charge in [0, 0.05) is 77.7 Å². The molecule has 13 heteroatoms. The molecule has 0 aliphatic carbocycles. The molecular formula is C77H45N11S2. The van der Waals surface area contributed by atoms with Crippen LogP contribution in [0.1, 0.15) is 0 Å². The molecule has 9 aromatic carbocycles. The van der Waals surface area contributed by atoms with Crippen LogP contribution in [0.4, 0.5) is 0 Å². The van der Waals surface area contributed by atoms with E-state index >= 15 is 0 Å². The summed E-state index contributed by atoms with van der Waals surface area (Å²) in [5, 5.41) is 8.45. The second-order valence-electron chi connectivity index (χ2n) is 21.9. The monoisotopic (exact) mass is 1190 g/mol. The van der Waals surface area contributed by atoms with Gasteiger partial charge in [-0.25, -0.2) is 24.9 Å². The van der Waals surface area contributed by atoms with Crippen molar-refractivity contribution in [3.05, 3.63) is 273 Å². The van der Waals surface area contributed by atoms with Gasteiger partial charge in [0.2, 0.25) is 0 Å². The van der Waals surface area contributed by atoms with E-state index in [1.807, 2.05) is 91.0 Å². The zero-order valence-electron chi connectivity index (χ0n) is 47.7. The molecular weight excluding hydrogens is 1140 g/mol. The van der Waals surface area contributed by atoms with Crippen LogP contribution in [0.5, 0.6) is 0 Å². The predicted octanol–water partition coefficient (Wildman–Crippen LogP) is 19.4. The highest BCUT2D eigenvalue weighted by atomic mass is 32.1. The van der Waals surface area contributed by atoms with Crippen LogP contribution in [0.2, 0.25) is 0 Å². The fraction of sp³-hybridized carbons (Fsp3) is 0. The van der Waals surface area contributed by atoms with Crippen molar-refractivity contribution in [1.29, 1.82) is 0 Å². The number of aromatic nitrogens is 11. The first-order chi connectivity index (χ1) is 44.6. The molecule has 0 unspecified atom stereocenters. The molecule has 9 aromatic heterocycles. The molecule has 11 nitrogen and oxygen atoms in total. The number of fused-ring (bicyclic) bond motifs is 13. The van der Waals surface area contributed by atoms with E-state index in [2.05, 4.69) is 189 Å². The Labute approximate surface area is 523 Å². The van der Waals surface area contributed by atoms with Gasteiger partial charge in [-0.3, -0.25) is 9.97 Å². The first-order valence-corrected chi connectivity index (χ1v) is 30.9. The smallest absolute Gasteiger partial charge is 0.113 e. The quantitative estimate of drug-likeness (QED) is 0.134.